The highest BCUT2D eigenvalue weighted by Crippen LogP contribution is 2.35. The summed E-state index contributed by atoms with van der Waals surface area (Å²) in [5.74, 6) is -1.60. The summed E-state index contributed by atoms with van der Waals surface area (Å²) in [7, 11) is 0. The number of nitrogens with one attached hydrogen (secondary N) is 1. The number of hydrogen-bond donors (Lipinski definition) is 2. The first kappa shape index (κ1) is 16.5. The number of halogens is 2. The van der Waals surface area contributed by atoms with Gasteiger partial charge in [-0.2, -0.15) is 5.26 Å². The summed E-state index contributed by atoms with van der Waals surface area (Å²) in [6.07, 6.45) is 3.80. The van der Waals surface area contributed by atoms with Gasteiger partial charge in [0.1, 0.15) is 17.4 Å². The molecule has 1 aromatic heterocycles. The SMILES string of the molecule is N#Cc1cnc2c(F)ccc(Cl)c2c1NC1CCC(C(=O)O)CC1. The standard InChI is InChI=1S/C17H15ClFN3O2/c18-12-5-6-13(19)16-14(12)15(10(7-20)8-21-16)22-11-3-1-9(2-4-11)17(23)24/h5-6,8-9,11H,1-4H2,(H,21,22)(H,23,24). The van der Waals surface area contributed by atoms with Crippen molar-refractivity contribution in [1.82, 2.24) is 4.98 Å². The highest BCUT2D eigenvalue weighted by atomic mass is 35.5. The fraction of sp³-hybridized carbons (Fsp3) is 0.353. The van der Waals surface area contributed by atoms with Gasteiger partial charge in [0.15, 0.2) is 0 Å². The first-order valence-electron chi connectivity index (χ1n) is 7.67. The van der Waals surface area contributed by atoms with Gasteiger partial charge in [0.05, 0.1) is 22.2 Å². The average molecular weight is 348 g/mol. The van der Waals surface area contributed by atoms with E-state index in [1.165, 1.54) is 18.3 Å². The van der Waals surface area contributed by atoms with Gasteiger partial charge < -0.3 is 10.4 Å². The lowest BCUT2D eigenvalue weighted by molar-refractivity contribution is -0.142. The Labute approximate surface area is 143 Å². The van der Waals surface area contributed by atoms with Crippen LogP contribution in [0.2, 0.25) is 5.02 Å². The molecule has 0 atom stereocenters. The van der Waals surface area contributed by atoms with Crippen molar-refractivity contribution in [2.24, 2.45) is 5.92 Å². The largest absolute Gasteiger partial charge is 0.481 e. The van der Waals surface area contributed by atoms with Gasteiger partial charge in [-0.05, 0) is 37.8 Å². The second kappa shape index (κ2) is 6.62. The minimum absolute atomic E-state index is 0.0117. The molecule has 1 heterocycles. The number of carbonyl (C=O) groups is 1. The van der Waals surface area contributed by atoms with Crippen LogP contribution in [-0.4, -0.2) is 22.1 Å². The van der Waals surface area contributed by atoms with Crippen LogP contribution in [-0.2, 0) is 4.79 Å². The lowest BCUT2D eigenvalue weighted by Crippen LogP contribution is -2.29. The number of aromatic nitrogens is 1. The first-order valence-corrected chi connectivity index (χ1v) is 8.05. The average Bonchev–Trinajstić information content (AvgIpc) is 2.58. The van der Waals surface area contributed by atoms with Crippen molar-refractivity contribution in [3.05, 3.63) is 34.7 Å². The number of nitrogens with zero attached hydrogens (tertiary/aromatic N) is 2. The zero-order valence-corrected chi connectivity index (χ0v) is 13.5. The van der Waals surface area contributed by atoms with E-state index in [-0.39, 0.29) is 23.0 Å². The summed E-state index contributed by atoms with van der Waals surface area (Å²) < 4.78 is 14.0. The Kier molecular flexibility index (Phi) is 4.54. The van der Waals surface area contributed by atoms with Crippen LogP contribution in [0.4, 0.5) is 10.1 Å². The number of carboxylic acid groups (broad SMARTS) is 1. The predicted molar refractivity (Wildman–Crippen MR) is 88.4 cm³/mol. The number of hydrogen-bond acceptors (Lipinski definition) is 4. The molecule has 0 amide bonds. The van der Waals surface area contributed by atoms with Crippen LogP contribution in [0.15, 0.2) is 18.3 Å². The molecule has 0 saturated heterocycles. The van der Waals surface area contributed by atoms with Crippen molar-refractivity contribution in [2.45, 2.75) is 31.7 Å². The molecule has 1 aromatic carbocycles. The van der Waals surface area contributed by atoms with Crippen LogP contribution in [0.25, 0.3) is 10.9 Å². The molecule has 0 bridgehead atoms. The Morgan fingerprint density at radius 1 is 1.38 bits per heavy atom. The number of aliphatic carboxylic acids is 1. The van der Waals surface area contributed by atoms with Gasteiger partial charge in [-0.25, -0.2) is 4.39 Å². The van der Waals surface area contributed by atoms with E-state index in [2.05, 4.69) is 16.4 Å². The maximum absolute atomic E-state index is 14.0. The van der Waals surface area contributed by atoms with Crippen LogP contribution in [0, 0.1) is 23.1 Å². The Morgan fingerprint density at radius 2 is 2.08 bits per heavy atom. The maximum Gasteiger partial charge on any atom is 0.306 e. The van der Waals surface area contributed by atoms with Gasteiger partial charge in [0, 0.05) is 17.6 Å². The molecule has 124 valence electrons. The quantitative estimate of drug-likeness (QED) is 0.877. The van der Waals surface area contributed by atoms with Crippen molar-refractivity contribution in [3.63, 3.8) is 0 Å². The molecule has 24 heavy (non-hydrogen) atoms. The molecule has 0 aliphatic heterocycles. The van der Waals surface area contributed by atoms with Crippen LogP contribution >= 0.6 is 11.6 Å². The van der Waals surface area contributed by atoms with E-state index in [1.54, 1.807) is 0 Å². The normalized spacial score (nSPS) is 20.5. The molecule has 2 aromatic rings. The molecule has 1 aliphatic rings. The third-order valence-electron chi connectivity index (χ3n) is 4.47. The predicted octanol–water partition coefficient (Wildman–Crippen LogP) is 3.95. The summed E-state index contributed by atoms with van der Waals surface area (Å²) in [5, 5.41) is 22.4. The lowest BCUT2D eigenvalue weighted by Gasteiger charge is -2.28. The number of fused-ring (bicyclic) bond motifs is 1. The third kappa shape index (κ3) is 3.00. The van der Waals surface area contributed by atoms with Crippen molar-refractivity contribution in [2.75, 3.05) is 5.32 Å². The van der Waals surface area contributed by atoms with E-state index in [0.717, 1.165) is 0 Å². The van der Waals surface area contributed by atoms with Gasteiger partial charge in [-0.15, -0.1) is 0 Å². The van der Waals surface area contributed by atoms with Crippen molar-refractivity contribution < 1.29 is 14.3 Å². The molecule has 1 aliphatic carbocycles. The molecule has 5 nitrogen and oxygen atoms in total. The van der Waals surface area contributed by atoms with E-state index in [9.17, 15) is 14.4 Å². The number of carboxylic acids is 1. The van der Waals surface area contributed by atoms with Gasteiger partial charge in [-0.1, -0.05) is 11.6 Å². The van der Waals surface area contributed by atoms with E-state index < -0.39 is 11.8 Å². The monoisotopic (exact) mass is 347 g/mol. The lowest BCUT2D eigenvalue weighted by atomic mass is 9.86. The number of nitriles is 1. The zero-order valence-electron chi connectivity index (χ0n) is 12.7. The number of benzene rings is 1. The van der Waals surface area contributed by atoms with Crippen molar-refractivity contribution in [3.8, 4) is 6.07 Å². The number of rotatable bonds is 3. The molecule has 0 unspecified atom stereocenters. The second-order valence-corrected chi connectivity index (χ2v) is 6.35. The van der Waals surface area contributed by atoms with E-state index in [4.69, 9.17) is 16.7 Å². The molecule has 1 fully saturated rings. The summed E-state index contributed by atoms with van der Waals surface area (Å²) in [6, 6.07) is 4.74. The summed E-state index contributed by atoms with van der Waals surface area (Å²) in [6.45, 7) is 0. The van der Waals surface area contributed by atoms with E-state index in [1.807, 2.05) is 0 Å². The highest BCUT2D eigenvalue weighted by Gasteiger charge is 2.27. The Hall–Kier alpha value is -2.39. The molecule has 1 saturated carbocycles. The second-order valence-electron chi connectivity index (χ2n) is 5.94. The first-order chi connectivity index (χ1) is 11.5. The third-order valence-corrected chi connectivity index (χ3v) is 4.78. The van der Waals surface area contributed by atoms with Gasteiger partial charge in [0.2, 0.25) is 0 Å². The van der Waals surface area contributed by atoms with Crippen LogP contribution in [0.5, 0.6) is 0 Å². The van der Waals surface area contributed by atoms with Crippen LogP contribution < -0.4 is 5.32 Å². The molecule has 7 heteroatoms. The van der Waals surface area contributed by atoms with Crippen LogP contribution in [0.3, 0.4) is 0 Å². The van der Waals surface area contributed by atoms with Gasteiger partial charge in [0.25, 0.3) is 0 Å². The fourth-order valence-corrected chi connectivity index (χ4v) is 3.40. The van der Waals surface area contributed by atoms with Gasteiger partial charge in [-0.3, -0.25) is 9.78 Å². The zero-order chi connectivity index (χ0) is 17.3. The number of anilines is 1. The molecular formula is C17H15ClFN3O2. The van der Waals surface area contributed by atoms with E-state index in [0.29, 0.717) is 41.8 Å². The van der Waals surface area contributed by atoms with Crippen LogP contribution in [0.1, 0.15) is 31.2 Å². The summed E-state index contributed by atoms with van der Waals surface area (Å²) >= 11 is 6.21. The smallest absolute Gasteiger partial charge is 0.306 e. The molecule has 2 N–H and O–H groups in total. The summed E-state index contributed by atoms with van der Waals surface area (Å²) in [5.41, 5.74) is 0.865. The van der Waals surface area contributed by atoms with Gasteiger partial charge >= 0.3 is 5.97 Å². The van der Waals surface area contributed by atoms with Crippen molar-refractivity contribution in [1.29, 1.82) is 5.26 Å². The molecule has 0 radical (unpaired) electrons. The minimum Gasteiger partial charge on any atom is -0.481 e. The molecule has 0 spiro atoms. The molecule has 3 rings (SSSR count). The Morgan fingerprint density at radius 3 is 2.71 bits per heavy atom. The summed E-state index contributed by atoms with van der Waals surface area (Å²) in [4.78, 5) is 15.0. The fourth-order valence-electron chi connectivity index (χ4n) is 3.16. The highest BCUT2D eigenvalue weighted by molar-refractivity contribution is 6.36. The topological polar surface area (TPSA) is 86.0 Å². The number of pyridine rings is 1. The van der Waals surface area contributed by atoms with E-state index >= 15 is 0 Å². The Bertz CT molecular complexity index is 842. The Balaban J connectivity index is 1.96. The minimum atomic E-state index is -0.773. The van der Waals surface area contributed by atoms with Crippen molar-refractivity contribution >= 4 is 34.2 Å². The molecular weight excluding hydrogens is 333 g/mol. The maximum atomic E-state index is 14.0.